The van der Waals surface area contributed by atoms with E-state index >= 15 is 0 Å². The SMILES string of the molecule is O=C(Nc1cccc2c(O)cccc12)c1ccccc1. The van der Waals surface area contributed by atoms with Gasteiger partial charge >= 0.3 is 0 Å². The lowest BCUT2D eigenvalue weighted by Gasteiger charge is -2.09. The number of hydrogen-bond acceptors (Lipinski definition) is 2. The van der Waals surface area contributed by atoms with Gasteiger partial charge in [-0.2, -0.15) is 0 Å². The number of carbonyl (C=O) groups excluding carboxylic acids is 1. The van der Waals surface area contributed by atoms with E-state index in [0.717, 1.165) is 10.8 Å². The fraction of sp³-hybridized carbons (Fsp3) is 0. The first-order chi connectivity index (χ1) is 9.75. The Kier molecular flexibility index (Phi) is 3.09. The van der Waals surface area contributed by atoms with Crippen LogP contribution in [0.1, 0.15) is 10.4 Å². The van der Waals surface area contributed by atoms with Crippen molar-refractivity contribution in [2.45, 2.75) is 0 Å². The Balaban J connectivity index is 2.00. The average Bonchev–Trinajstić information content (AvgIpc) is 2.49. The topological polar surface area (TPSA) is 49.3 Å². The van der Waals surface area contributed by atoms with Gasteiger partial charge in [-0.1, -0.05) is 42.5 Å². The summed E-state index contributed by atoms with van der Waals surface area (Å²) in [6, 6.07) is 19.8. The van der Waals surface area contributed by atoms with Gasteiger partial charge in [-0.3, -0.25) is 4.79 Å². The van der Waals surface area contributed by atoms with Crippen LogP contribution >= 0.6 is 0 Å². The van der Waals surface area contributed by atoms with Crippen LogP contribution in [0.15, 0.2) is 66.7 Å². The zero-order chi connectivity index (χ0) is 13.9. The molecule has 0 aliphatic rings. The van der Waals surface area contributed by atoms with Crippen molar-refractivity contribution in [3.05, 3.63) is 72.3 Å². The van der Waals surface area contributed by atoms with Crippen LogP contribution < -0.4 is 5.32 Å². The summed E-state index contributed by atoms with van der Waals surface area (Å²) >= 11 is 0. The number of hydrogen-bond donors (Lipinski definition) is 2. The molecule has 0 saturated carbocycles. The minimum absolute atomic E-state index is 0.165. The molecule has 0 aliphatic carbocycles. The number of rotatable bonds is 2. The molecule has 20 heavy (non-hydrogen) atoms. The van der Waals surface area contributed by atoms with Crippen molar-refractivity contribution in [2.75, 3.05) is 5.32 Å². The highest BCUT2D eigenvalue weighted by atomic mass is 16.3. The van der Waals surface area contributed by atoms with Crippen LogP contribution in [-0.2, 0) is 0 Å². The molecule has 3 rings (SSSR count). The maximum absolute atomic E-state index is 12.2. The lowest BCUT2D eigenvalue weighted by molar-refractivity contribution is 0.102. The average molecular weight is 263 g/mol. The number of nitrogens with one attached hydrogen (secondary N) is 1. The summed E-state index contributed by atoms with van der Waals surface area (Å²) in [6.45, 7) is 0. The Labute approximate surface area is 116 Å². The van der Waals surface area contributed by atoms with E-state index in [1.54, 1.807) is 24.3 Å². The Morgan fingerprint density at radius 3 is 2.30 bits per heavy atom. The van der Waals surface area contributed by atoms with Gasteiger partial charge < -0.3 is 10.4 Å². The quantitative estimate of drug-likeness (QED) is 0.738. The predicted octanol–water partition coefficient (Wildman–Crippen LogP) is 3.80. The molecule has 1 amide bonds. The molecule has 3 heteroatoms. The zero-order valence-electron chi connectivity index (χ0n) is 10.7. The fourth-order valence-electron chi connectivity index (χ4n) is 2.19. The van der Waals surface area contributed by atoms with Crippen LogP contribution in [0.5, 0.6) is 5.75 Å². The third-order valence-electron chi connectivity index (χ3n) is 3.18. The third-order valence-corrected chi connectivity index (χ3v) is 3.18. The highest BCUT2D eigenvalue weighted by Crippen LogP contribution is 2.29. The maximum atomic E-state index is 12.2. The van der Waals surface area contributed by atoms with Crippen molar-refractivity contribution in [2.24, 2.45) is 0 Å². The van der Waals surface area contributed by atoms with E-state index in [1.165, 1.54) is 0 Å². The second-order valence-electron chi connectivity index (χ2n) is 4.50. The Morgan fingerprint density at radius 2 is 1.50 bits per heavy atom. The number of carbonyl (C=O) groups is 1. The summed E-state index contributed by atoms with van der Waals surface area (Å²) in [5, 5.41) is 14.2. The molecule has 2 N–H and O–H groups in total. The lowest BCUT2D eigenvalue weighted by Crippen LogP contribution is -2.11. The van der Waals surface area contributed by atoms with Crippen LogP contribution in [0.3, 0.4) is 0 Å². The molecule has 0 saturated heterocycles. The maximum Gasteiger partial charge on any atom is 0.255 e. The first-order valence-corrected chi connectivity index (χ1v) is 6.33. The van der Waals surface area contributed by atoms with Gasteiger partial charge in [-0.15, -0.1) is 0 Å². The van der Waals surface area contributed by atoms with Gasteiger partial charge in [0.15, 0.2) is 0 Å². The third kappa shape index (κ3) is 2.21. The number of benzene rings is 3. The number of aromatic hydroxyl groups is 1. The van der Waals surface area contributed by atoms with Gasteiger partial charge in [0.25, 0.3) is 5.91 Å². The molecule has 3 nitrogen and oxygen atoms in total. The number of phenolic OH excluding ortho intramolecular Hbond substituents is 1. The monoisotopic (exact) mass is 263 g/mol. The molecule has 3 aromatic carbocycles. The molecule has 98 valence electrons. The van der Waals surface area contributed by atoms with Crippen molar-refractivity contribution in [3.63, 3.8) is 0 Å². The molecule has 0 radical (unpaired) electrons. The summed E-state index contributed by atoms with van der Waals surface area (Å²) < 4.78 is 0. The van der Waals surface area contributed by atoms with E-state index in [1.807, 2.05) is 42.5 Å². The fourth-order valence-corrected chi connectivity index (χ4v) is 2.19. The molecule has 0 heterocycles. The summed E-state index contributed by atoms with van der Waals surface area (Å²) in [6.07, 6.45) is 0. The van der Waals surface area contributed by atoms with Crippen LogP contribution in [0.4, 0.5) is 5.69 Å². The van der Waals surface area contributed by atoms with Crippen LogP contribution in [-0.4, -0.2) is 11.0 Å². The van der Waals surface area contributed by atoms with Gasteiger partial charge in [-0.25, -0.2) is 0 Å². The highest BCUT2D eigenvalue weighted by Gasteiger charge is 2.08. The second kappa shape index (κ2) is 5.05. The van der Waals surface area contributed by atoms with E-state index < -0.39 is 0 Å². The highest BCUT2D eigenvalue weighted by molar-refractivity contribution is 6.09. The molecule has 3 aromatic rings. The molecule has 0 fully saturated rings. The van der Waals surface area contributed by atoms with Gasteiger partial charge in [0, 0.05) is 22.0 Å². The van der Waals surface area contributed by atoms with E-state index in [9.17, 15) is 9.90 Å². The summed E-state index contributed by atoms with van der Waals surface area (Å²) in [4.78, 5) is 12.2. The second-order valence-corrected chi connectivity index (χ2v) is 4.50. The number of phenols is 1. The minimum atomic E-state index is -0.165. The summed E-state index contributed by atoms with van der Waals surface area (Å²) in [5.74, 6) is 0.0414. The first kappa shape index (κ1) is 12.2. The number of anilines is 1. The minimum Gasteiger partial charge on any atom is -0.507 e. The van der Waals surface area contributed by atoms with Crippen molar-refractivity contribution in [1.29, 1.82) is 0 Å². The van der Waals surface area contributed by atoms with Gasteiger partial charge in [0.05, 0.1) is 0 Å². The molecule has 0 aromatic heterocycles. The van der Waals surface area contributed by atoms with E-state index in [2.05, 4.69) is 5.32 Å². The molecule has 0 bridgehead atoms. The number of fused-ring (bicyclic) bond motifs is 1. The molecule has 0 atom stereocenters. The van der Waals surface area contributed by atoms with Crippen molar-refractivity contribution < 1.29 is 9.90 Å². The van der Waals surface area contributed by atoms with Crippen molar-refractivity contribution in [3.8, 4) is 5.75 Å². The Bertz CT molecular complexity index is 766. The molecular formula is C17H13NO2. The first-order valence-electron chi connectivity index (χ1n) is 6.33. The molecule has 0 spiro atoms. The Hall–Kier alpha value is -2.81. The summed E-state index contributed by atoms with van der Waals surface area (Å²) in [7, 11) is 0. The number of amides is 1. The van der Waals surface area contributed by atoms with Crippen molar-refractivity contribution in [1.82, 2.24) is 0 Å². The largest absolute Gasteiger partial charge is 0.507 e. The van der Waals surface area contributed by atoms with E-state index in [4.69, 9.17) is 0 Å². The van der Waals surface area contributed by atoms with Crippen LogP contribution in [0.25, 0.3) is 10.8 Å². The van der Waals surface area contributed by atoms with E-state index in [-0.39, 0.29) is 11.7 Å². The summed E-state index contributed by atoms with van der Waals surface area (Å²) in [5.41, 5.74) is 1.29. The van der Waals surface area contributed by atoms with Gasteiger partial charge in [-0.05, 0) is 24.3 Å². The van der Waals surface area contributed by atoms with Crippen LogP contribution in [0.2, 0.25) is 0 Å². The van der Waals surface area contributed by atoms with Gasteiger partial charge in [0.2, 0.25) is 0 Å². The zero-order valence-corrected chi connectivity index (χ0v) is 10.7. The smallest absolute Gasteiger partial charge is 0.255 e. The normalized spacial score (nSPS) is 10.4. The van der Waals surface area contributed by atoms with Crippen LogP contribution in [0, 0.1) is 0 Å². The van der Waals surface area contributed by atoms with Gasteiger partial charge in [0.1, 0.15) is 5.75 Å². The predicted molar refractivity (Wildman–Crippen MR) is 80.0 cm³/mol. The molecule has 0 aliphatic heterocycles. The molecular weight excluding hydrogens is 250 g/mol. The van der Waals surface area contributed by atoms with Crippen molar-refractivity contribution >= 4 is 22.4 Å². The Morgan fingerprint density at radius 1 is 0.800 bits per heavy atom. The lowest BCUT2D eigenvalue weighted by atomic mass is 10.1. The standard InChI is InChI=1S/C17H13NO2/c19-16-11-5-8-13-14(16)9-4-10-15(13)18-17(20)12-6-2-1-3-7-12/h1-11,19H,(H,18,20). The van der Waals surface area contributed by atoms with E-state index in [0.29, 0.717) is 11.3 Å². The molecule has 0 unspecified atom stereocenters.